The van der Waals surface area contributed by atoms with E-state index in [9.17, 15) is 4.39 Å². The molecule has 0 aromatic heterocycles. The van der Waals surface area contributed by atoms with Gasteiger partial charge in [0.1, 0.15) is 5.82 Å². The fraction of sp³-hybridized carbons (Fsp3) is 0.538. The third kappa shape index (κ3) is 6.14. The van der Waals surface area contributed by atoms with Crippen LogP contribution >= 0.6 is 28.3 Å². The van der Waals surface area contributed by atoms with Crippen molar-refractivity contribution in [1.82, 2.24) is 4.90 Å². The molecular formula is C13H21BrClFN2. The van der Waals surface area contributed by atoms with Crippen molar-refractivity contribution in [2.45, 2.75) is 20.4 Å². The zero-order valence-corrected chi connectivity index (χ0v) is 13.4. The van der Waals surface area contributed by atoms with Gasteiger partial charge in [0.15, 0.2) is 0 Å². The van der Waals surface area contributed by atoms with Crippen LogP contribution in [0.15, 0.2) is 22.7 Å². The van der Waals surface area contributed by atoms with E-state index in [-0.39, 0.29) is 23.6 Å². The minimum Gasteiger partial charge on any atom is -0.330 e. The third-order valence-electron chi connectivity index (χ3n) is 2.63. The molecule has 0 saturated carbocycles. The molecule has 0 amide bonds. The van der Waals surface area contributed by atoms with Gasteiger partial charge in [0, 0.05) is 17.6 Å². The number of hydrogen-bond acceptors (Lipinski definition) is 2. The topological polar surface area (TPSA) is 29.3 Å². The summed E-state index contributed by atoms with van der Waals surface area (Å²) in [5, 5.41) is 0. The third-order valence-corrected chi connectivity index (χ3v) is 3.08. The largest absolute Gasteiger partial charge is 0.330 e. The van der Waals surface area contributed by atoms with Crippen LogP contribution in [0.25, 0.3) is 0 Å². The van der Waals surface area contributed by atoms with Crippen molar-refractivity contribution in [3.63, 3.8) is 0 Å². The molecule has 0 fully saturated rings. The first-order valence-corrected chi connectivity index (χ1v) is 6.45. The summed E-state index contributed by atoms with van der Waals surface area (Å²) >= 11 is 3.30. The summed E-state index contributed by atoms with van der Waals surface area (Å²) in [5.41, 5.74) is 6.75. The van der Waals surface area contributed by atoms with E-state index >= 15 is 0 Å². The smallest absolute Gasteiger partial charge is 0.124 e. The Morgan fingerprint density at radius 2 is 1.94 bits per heavy atom. The summed E-state index contributed by atoms with van der Waals surface area (Å²) in [6, 6.07) is 4.97. The van der Waals surface area contributed by atoms with Crippen LogP contribution in [-0.2, 0) is 6.54 Å². The molecule has 0 aliphatic rings. The van der Waals surface area contributed by atoms with Gasteiger partial charge in [-0.25, -0.2) is 4.39 Å². The maximum Gasteiger partial charge on any atom is 0.124 e. The lowest BCUT2D eigenvalue weighted by molar-refractivity contribution is 0.209. The highest BCUT2D eigenvalue weighted by molar-refractivity contribution is 9.10. The van der Waals surface area contributed by atoms with Gasteiger partial charge >= 0.3 is 0 Å². The molecule has 0 unspecified atom stereocenters. The van der Waals surface area contributed by atoms with Gasteiger partial charge in [-0.3, -0.25) is 0 Å². The molecule has 18 heavy (non-hydrogen) atoms. The first kappa shape index (κ1) is 17.8. The molecule has 1 aromatic carbocycles. The van der Waals surface area contributed by atoms with E-state index in [0.717, 1.165) is 23.1 Å². The lowest BCUT2D eigenvalue weighted by atomic mass is 9.93. The van der Waals surface area contributed by atoms with E-state index in [2.05, 4.69) is 34.7 Å². The lowest BCUT2D eigenvalue weighted by Gasteiger charge is -2.29. The predicted octanol–water partition coefficient (Wildman–Crippen LogP) is 3.43. The van der Waals surface area contributed by atoms with E-state index in [1.54, 1.807) is 6.07 Å². The van der Waals surface area contributed by atoms with Crippen LogP contribution in [-0.4, -0.2) is 25.0 Å². The molecule has 0 spiro atoms. The Hall–Kier alpha value is -0.160. The van der Waals surface area contributed by atoms with Crippen LogP contribution in [0.3, 0.4) is 0 Å². The molecule has 0 aliphatic heterocycles. The van der Waals surface area contributed by atoms with Gasteiger partial charge in [0.25, 0.3) is 0 Å². The van der Waals surface area contributed by atoms with E-state index in [0.29, 0.717) is 6.54 Å². The van der Waals surface area contributed by atoms with Gasteiger partial charge < -0.3 is 10.6 Å². The van der Waals surface area contributed by atoms with E-state index in [1.165, 1.54) is 6.07 Å². The molecule has 0 radical (unpaired) electrons. The van der Waals surface area contributed by atoms with Crippen molar-refractivity contribution in [3.8, 4) is 0 Å². The summed E-state index contributed by atoms with van der Waals surface area (Å²) in [5.74, 6) is -0.208. The molecule has 1 aromatic rings. The fourth-order valence-corrected chi connectivity index (χ4v) is 2.38. The summed E-state index contributed by atoms with van der Waals surface area (Å²) in [6.45, 7) is 6.51. The van der Waals surface area contributed by atoms with Crippen molar-refractivity contribution in [1.29, 1.82) is 0 Å². The van der Waals surface area contributed by atoms with Crippen LogP contribution in [0.1, 0.15) is 19.4 Å². The molecule has 2 nitrogen and oxygen atoms in total. The minimum absolute atomic E-state index is 0. The normalized spacial score (nSPS) is 11.5. The molecule has 0 aliphatic carbocycles. The molecule has 1 rings (SSSR count). The quantitative estimate of drug-likeness (QED) is 0.890. The predicted molar refractivity (Wildman–Crippen MR) is 80.5 cm³/mol. The number of nitrogens with zero attached hydrogens (tertiary/aromatic N) is 1. The molecule has 0 bridgehead atoms. The first-order chi connectivity index (χ1) is 7.82. The zero-order valence-electron chi connectivity index (χ0n) is 11.0. The van der Waals surface area contributed by atoms with E-state index in [1.807, 2.05) is 13.1 Å². The van der Waals surface area contributed by atoms with Gasteiger partial charge in [0.05, 0.1) is 0 Å². The number of halogens is 3. The molecule has 0 saturated heterocycles. The Bertz CT molecular complexity index is 365. The minimum atomic E-state index is -0.208. The van der Waals surface area contributed by atoms with E-state index < -0.39 is 0 Å². The Morgan fingerprint density at radius 1 is 1.33 bits per heavy atom. The number of nitrogens with two attached hydrogens (primary N) is 1. The van der Waals surface area contributed by atoms with Crippen LogP contribution in [0.2, 0.25) is 0 Å². The summed E-state index contributed by atoms with van der Waals surface area (Å²) < 4.78 is 14.0. The highest BCUT2D eigenvalue weighted by atomic mass is 79.9. The monoisotopic (exact) mass is 338 g/mol. The van der Waals surface area contributed by atoms with Crippen molar-refractivity contribution in [2.75, 3.05) is 20.1 Å². The molecule has 5 heteroatoms. The number of hydrogen-bond donors (Lipinski definition) is 1. The van der Waals surface area contributed by atoms with Gasteiger partial charge in [-0.15, -0.1) is 12.4 Å². The Morgan fingerprint density at radius 3 is 2.44 bits per heavy atom. The second-order valence-corrected chi connectivity index (χ2v) is 6.23. The molecular weight excluding hydrogens is 319 g/mol. The Balaban J connectivity index is 0.00000289. The standard InChI is InChI=1S/C13H20BrFN2.ClH/c1-13(2,8-16)9-17(3)7-10-4-11(14)6-12(15)5-10;/h4-6H,7-9,16H2,1-3H3;1H. The summed E-state index contributed by atoms with van der Waals surface area (Å²) in [6.07, 6.45) is 0. The van der Waals surface area contributed by atoms with Gasteiger partial charge in [-0.05, 0) is 42.8 Å². The highest BCUT2D eigenvalue weighted by Crippen LogP contribution is 2.18. The second kappa shape index (κ2) is 7.43. The van der Waals surface area contributed by atoms with Crippen LogP contribution in [0.4, 0.5) is 4.39 Å². The number of benzene rings is 1. The SMILES string of the molecule is CN(Cc1cc(F)cc(Br)c1)CC(C)(C)CN.Cl. The zero-order chi connectivity index (χ0) is 13.1. The van der Waals surface area contributed by atoms with Crippen LogP contribution < -0.4 is 5.73 Å². The van der Waals surface area contributed by atoms with Crippen LogP contribution in [0, 0.1) is 11.2 Å². The van der Waals surface area contributed by atoms with Gasteiger partial charge in [0.2, 0.25) is 0 Å². The molecule has 0 atom stereocenters. The lowest BCUT2D eigenvalue weighted by Crippen LogP contribution is -2.36. The van der Waals surface area contributed by atoms with Gasteiger partial charge in [-0.1, -0.05) is 29.8 Å². The van der Waals surface area contributed by atoms with Gasteiger partial charge in [-0.2, -0.15) is 0 Å². The summed E-state index contributed by atoms with van der Waals surface area (Å²) in [7, 11) is 2.02. The maximum absolute atomic E-state index is 13.2. The first-order valence-electron chi connectivity index (χ1n) is 5.66. The Kier molecular flexibility index (Phi) is 7.37. The highest BCUT2D eigenvalue weighted by Gasteiger charge is 2.18. The molecule has 104 valence electrons. The average Bonchev–Trinajstić information content (AvgIpc) is 2.14. The maximum atomic E-state index is 13.2. The van der Waals surface area contributed by atoms with Crippen molar-refractivity contribution in [2.24, 2.45) is 11.1 Å². The fourth-order valence-electron chi connectivity index (χ4n) is 1.87. The summed E-state index contributed by atoms with van der Waals surface area (Å²) in [4.78, 5) is 2.16. The average molecular weight is 340 g/mol. The Labute approximate surface area is 123 Å². The van der Waals surface area contributed by atoms with Crippen molar-refractivity contribution < 1.29 is 4.39 Å². The van der Waals surface area contributed by atoms with Crippen molar-refractivity contribution in [3.05, 3.63) is 34.1 Å². The molecule has 2 N–H and O–H groups in total. The second-order valence-electron chi connectivity index (χ2n) is 5.32. The van der Waals surface area contributed by atoms with E-state index in [4.69, 9.17) is 5.73 Å². The number of rotatable bonds is 5. The molecule has 0 heterocycles. The van der Waals surface area contributed by atoms with Crippen molar-refractivity contribution >= 4 is 28.3 Å². The van der Waals surface area contributed by atoms with Crippen LogP contribution in [0.5, 0.6) is 0 Å².